The monoisotopic (exact) mass is 469 g/mol. The summed E-state index contributed by atoms with van der Waals surface area (Å²) in [6, 6.07) is 11.0. The van der Waals surface area contributed by atoms with Gasteiger partial charge in [-0.2, -0.15) is 0 Å². The van der Waals surface area contributed by atoms with E-state index in [4.69, 9.17) is 15.2 Å². The summed E-state index contributed by atoms with van der Waals surface area (Å²) in [7, 11) is 3.09. The standard InChI is InChI=1S/C24H27N3O5S/c1-15-20(31-2)11-17(12-21(15)32-3)23(28)27(13-22-26-19(14-33-22)24(29)30)9-5-7-16-6-4-8-18(25)10-16/h4,6,8,10-12,14H,5,7,9,13,25H2,1-3H3,(H,29,30). The van der Waals surface area contributed by atoms with E-state index in [-0.39, 0.29) is 18.1 Å². The van der Waals surface area contributed by atoms with Crippen LogP contribution >= 0.6 is 11.3 Å². The summed E-state index contributed by atoms with van der Waals surface area (Å²) in [4.78, 5) is 30.5. The van der Waals surface area contributed by atoms with Gasteiger partial charge in [-0.15, -0.1) is 11.3 Å². The smallest absolute Gasteiger partial charge is 0.355 e. The highest BCUT2D eigenvalue weighted by molar-refractivity contribution is 7.09. The van der Waals surface area contributed by atoms with Crippen molar-refractivity contribution < 1.29 is 24.2 Å². The number of carboxylic acids is 1. The van der Waals surface area contributed by atoms with E-state index in [2.05, 4.69) is 4.98 Å². The lowest BCUT2D eigenvalue weighted by molar-refractivity contribution is 0.0691. The minimum Gasteiger partial charge on any atom is -0.496 e. The first-order valence-corrected chi connectivity index (χ1v) is 11.2. The number of carbonyl (C=O) groups excluding carboxylic acids is 1. The number of aromatic nitrogens is 1. The summed E-state index contributed by atoms with van der Waals surface area (Å²) in [6.45, 7) is 2.51. The van der Waals surface area contributed by atoms with E-state index in [1.165, 1.54) is 16.7 Å². The molecule has 1 aromatic heterocycles. The Morgan fingerprint density at radius 1 is 1.15 bits per heavy atom. The Morgan fingerprint density at radius 2 is 1.85 bits per heavy atom. The Kier molecular flexibility index (Phi) is 7.89. The van der Waals surface area contributed by atoms with Gasteiger partial charge in [0.05, 0.1) is 20.8 Å². The number of methoxy groups -OCH3 is 2. The summed E-state index contributed by atoms with van der Waals surface area (Å²) in [5.74, 6) is -0.198. The summed E-state index contributed by atoms with van der Waals surface area (Å²) < 4.78 is 10.8. The first kappa shape index (κ1) is 24.1. The molecule has 1 amide bonds. The number of aromatic carboxylic acids is 1. The minimum atomic E-state index is -1.09. The third-order valence-corrected chi connectivity index (χ3v) is 6.06. The van der Waals surface area contributed by atoms with Gasteiger partial charge >= 0.3 is 5.97 Å². The topological polar surface area (TPSA) is 115 Å². The van der Waals surface area contributed by atoms with Gasteiger partial charge in [0, 0.05) is 28.7 Å². The number of carbonyl (C=O) groups is 2. The SMILES string of the molecule is COc1cc(C(=O)N(CCCc2cccc(N)c2)Cc2nc(C(=O)O)cs2)cc(OC)c1C. The average Bonchev–Trinajstić information content (AvgIpc) is 3.27. The van der Waals surface area contributed by atoms with Crippen molar-refractivity contribution in [3.05, 3.63) is 69.2 Å². The molecular formula is C24H27N3O5S. The minimum absolute atomic E-state index is 0.0270. The number of hydrogen-bond donors (Lipinski definition) is 2. The van der Waals surface area contributed by atoms with Gasteiger partial charge < -0.3 is 25.2 Å². The van der Waals surface area contributed by atoms with Crippen LogP contribution in [0.15, 0.2) is 41.8 Å². The van der Waals surface area contributed by atoms with Gasteiger partial charge in [0.2, 0.25) is 0 Å². The van der Waals surface area contributed by atoms with Crippen molar-refractivity contribution >= 4 is 28.9 Å². The van der Waals surface area contributed by atoms with Crippen LogP contribution in [0.25, 0.3) is 0 Å². The van der Waals surface area contributed by atoms with Crippen LogP contribution in [-0.4, -0.2) is 47.6 Å². The number of nitrogen functional groups attached to an aromatic ring is 1. The fourth-order valence-electron chi connectivity index (χ4n) is 3.51. The summed E-state index contributed by atoms with van der Waals surface area (Å²) in [6.07, 6.45) is 1.44. The number of rotatable bonds is 10. The molecule has 0 aliphatic carbocycles. The van der Waals surface area contributed by atoms with Crippen molar-refractivity contribution in [2.75, 3.05) is 26.5 Å². The molecule has 0 radical (unpaired) electrons. The van der Waals surface area contributed by atoms with Crippen molar-refractivity contribution in [1.29, 1.82) is 0 Å². The number of amides is 1. The van der Waals surface area contributed by atoms with E-state index in [1.54, 1.807) is 31.3 Å². The molecule has 0 aliphatic heterocycles. The highest BCUT2D eigenvalue weighted by Gasteiger charge is 2.21. The summed E-state index contributed by atoms with van der Waals surface area (Å²) in [5, 5.41) is 11.2. The van der Waals surface area contributed by atoms with Crippen molar-refractivity contribution in [2.45, 2.75) is 26.3 Å². The van der Waals surface area contributed by atoms with Gasteiger partial charge in [-0.05, 0) is 49.6 Å². The molecule has 0 saturated heterocycles. The maximum absolute atomic E-state index is 13.5. The number of anilines is 1. The zero-order chi connectivity index (χ0) is 24.0. The quantitative estimate of drug-likeness (QED) is 0.431. The molecule has 3 rings (SSSR count). The Labute approximate surface area is 196 Å². The van der Waals surface area contributed by atoms with E-state index < -0.39 is 5.97 Å². The predicted octanol–water partition coefficient (Wildman–Crippen LogP) is 4.02. The van der Waals surface area contributed by atoms with E-state index >= 15 is 0 Å². The second kappa shape index (κ2) is 10.8. The summed E-state index contributed by atoms with van der Waals surface area (Å²) >= 11 is 1.22. The lowest BCUT2D eigenvalue weighted by Gasteiger charge is -2.23. The number of carboxylic acid groups (broad SMARTS) is 1. The Balaban J connectivity index is 1.84. The highest BCUT2D eigenvalue weighted by Crippen LogP contribution is 2.30. The number of nitrogens with two attached hydrogens (primary N) is 1. The van der Waals surface area contributed by atoms with Crippen LogP contribution in [0.1, 0.15) is 43.4 Å². The third-order valence-electron chi connectivity index (χ3n) is 5.23. The number of hydrogen-bond acceptors (Lipinski definition) is 7. The molecule has 0 fully saturated rings. The maximum Gasteiger partial charge on any atom is 0.355 e. The van der Waals surface area contributed by atoms with Crippen molar-refractivity contribution in [2.24, 2.45) is 0 Å². The lowest BCUT2D eigenvalue weighted by Crippen LogP contribution is -2.32. The largest absolute Gasteiger partial charge is 0.496 e. The zero-order valence-corrected chi connectivity index (χ0v) is 19.6. The first-order valence-electron chi connectivity index (χ1n) is 10.4. The van der Waals surface area contributed by atoms with Gasteiger partial charge in [0.1, 0.15) is 16.5 Å². The van der Waals surface area contributed by atoms with Crippen LogP contribution in [0.5, 0.6) is 11.5 Å². The van der Waals surface area contributed by atoms with E-state index in [1.807, 2.05) is 31.2 Å². The molecule has 0 bridgehead atoms. The number of benzene rings is 2. The molecule has 3 N–H and O–H groups in total. The maximum atomic E-state index is 13.5. The molecule has 174 valence electrons. The third kappa shape index (κ3) is 6.01. The lowest BCUT2D eigenvalue weighted by atomic mass is 10.1. The Hall–Kier alpha value is -3.59. The van der Waals surface area contributed by atoms with E-state index in [0.29, 0.717) is 40.7 Å². The number of ether oxygens (including phenoxy) is 2. The number of thiazole rings is 1. The second-order valence-corrected chi connectivity index (χ2v) is 8.46. The second-order valence-electron chi connectivity index (χ2n) is 7.51. The molecule has 0 unspecified atom stereocenters. The number of aryl methyl sites for hydroxylation is 1. The van der Waals surface area contributed by atoms with Gasteiger partial charge in [-0.1, -0.05) is 12.1 Å². The van der Waals surface area contributed by atoms with Crippen LogP contribution in [0, 0.1) is 6.92 Å². The van der Waals surface area contributed by atoms with Crippen molar-refractivity contribution in [3.63, 3.8) is 0 Å². The van der Waals surface area contributed by atoms with E-state index in [9.17, 15) is 14.7 Å². The van der Waals surface area contributed by atoms with Crippen LogP contribution in [0.4, 0.5) is 5.69 Å². The molecule has 0 aliphatic rings. The summed E-state index contributed by atoms with van der Waals surface area (Å²) in [5.41, 5.74) is 8.85. The molecular weight excluding hydrogens is 442 g/mol. The molecule has 9 heteroatoms. The van der Waals surface area contributed by atoms with Gasteiger partial charge in [0.25, 0.3) is 5.91 Å². The van der Waals surface area contributed by atoms with Crippen LogP contribution in [0.3, 0.4) is 0 Å². The van der Waals surface area contributed by atoms with Gasteiger partial charge in [0.15, 0.2) is 5.69 Å². The molecule has 0 spiro atoms. The fraction of sp³-hybridized carbons (Fsp3) is 0.292. The first-order chi connectivity index (χ1) is 15.8. The molecule has 1 heterocycles. The van der Waals surface area contributed by atoms with Gasteiger partial charge in [-0.3, -0.25) is 4.79 Å². The normalized spacial score (nSPS) is 10.6. The Morgan fingerprint density at radius 3 is 2.42 bits per heavy atom. The zero-order valence-electron chi connectivity index (χ0n) is 18.8. The molecule has 0 atom stereocenters. The molecule has 3 aromatic rings. The Bertz CT molecular complexity index is 1120. The van der Waals surface area contributed by atoms with Gasteiger partial charge in [-0.25, -0.2) is 9.78 Å². The predicted molar refractivity (Wildman–Crippen MR) is 127 cm³/mol. The molecule has 0 saturated carbocycles. The number of nitrogens with zero attached hydrogens (tertiary/aromatic N) is 2. The average molecular weight is 470 g/mol. The van der Waals surface area contributed by atoms with Crippen LogP contribution in [0.2, 0.25) is 0 Å². The molecule has 33 heavy (non-hydrogen) atoms. The highest BCUT2D eigenvalue weighted by atomic mass is 32.1. The fourth-order valence-corrected chi connectivity index (χ4v) is 4.29. The van der Waals surface area contributed by atoms with E-state index in [0.717, 1.165) is 17.5 Å². The van der Waals surface area contributed by atoms with Crippen LogP contribution < -0.4 is 15.2 Å². The molecule has 2 aromatic carbocycles. The van der Waals surface area contributed by atoms with Crippen molar-refractivity contribution in [3.8, 4) is 11.5 Å². The van der Waals surface area contributed by atoms with Crippen molar-refractivity contribution in [1.82, 2.24) is 9.88 Å². The molecule has 8 nitrogen and oxygen atoms in total. The van der Waals surface area contributed by atoms with Crippen LogP contribution in [-0.2, 0) is 13.0 Å².